The fourth-order valence-electron chi connectivity index (χ4n) is 4.88. The van der Waals surface area contributed by atoms with Crippen LogP contribution in [-0.4, -0.2) is 23.3 Å². The van der Waals surface area contributed by atoms with Crippen molar-refractivity contribution in [3.05, 3.63) is 52.9 Å². The zero-order chi connectivity index (χ0) is 20.7. The topological polar surface area (TPSA) is 46.5 Å². The molecule has 1 aliphatic heterocycles. The third-order valence-electron chi connectivity index (χ3n) is 5.80. The number of halogens is 1. The molecule has 0 bridgehead atoms. The molecule has 1 heterocycles. The van der Waals surface area contributed by atoms with Crippen molar-refractivity contribution in [3.8, 4) is 0 Å². The third-order valence-corrected chi connectivity index (χ3v) is 5.80. The molecule has 0 aromatic heterocycles. The molecule has 2 atom stereocenters. The minimum absolute atomic E-state index is 0.0623. The molecule has 1 saturated heterocycles. The lowest BCUT2D eigenvalue weighted by Crippen LogP contribution is -2.32. The van der Waals surface area contributed by atoms with Crippen LogP contribution in [0.1, 0.15) is 64.5 Å². The van der Waals surface area contributed by atoms with Gasteiger partial charge in [-0.1, -0.05) is 39.8 Å². The highest BCUT2D eigenvalue weighted by atomic mass is 19.1. The Bertz CT molecular complexity index is 832. The lowest BCUT2D eigenvalue weighted by molar-refractivity contribution is -0.156. The van der Waals surface area contributed by atoms with Gasteiger partial charge in [0, 0.05) is 6.42 Å². The van der Waals surface area contributed by atoms with E-state index in [9.17, 15) is 14.3 Å². The summed E-state index contributed by atoms with van der Waals surface area (Å²) in [5.74, 6) is -0.556. The first-order valence-corrected chi connectivity index (χ1v) is 10.0. The number of rotatable bonds is 3. The second-order valence-corrected chi connectivity index (χ2v) is 9.74. The third kappa shape index (κ3) is 4.54. The first kappa shape index (κ1) is 20.8. The zero-order valence-corrected chi connectivity index (χ0v) is 17.5. The number of cyclic esters (lactones) is 1. The summed E-state index contributed by atoms with van der Waals surface area (Å²) >= 11 is 0. The van der Waals surface area contributed by atoms with Crippen molar-refractivity contribution in [3.63, 3.8) is 0 Å². The number of aliphatic hydroxyl groups is 1. The summed E-state index contributed by atoms with van der Waals surface area (Å²) in [7, 11) is 0. The summed E-state index contributed by atoms with van der Waals surface area (Å²) in [6.07, 6.45) is 5.29. The van der Waals surface area contributed by atoms with Crippen molar-refractivity contribution >= 4 is 11.5 Å². The molecule has 0 radical (unpaired) electrons. The zero-order valence-electron chi connectivity index (χ0n) is 17.5. The van der Waals surface area contributed by atoms with Crippen LogP contribution in [0.2, 0.25) is 0 Å². The first-order valence-electron chi connectivity index (χ1n) is 10.0. The van der Waals surface area contributed by atoms with E-state index in [-0.39, 0.29) is 29.0 Å². The molecule has 3 nitrogen and oxygen atoms in total. The lowest BCUT2D eigenvalue weighted by atomic mass is 9.61. The highest BCUT2D eigenvalue weighted by molar-refractivity contribution is 5.74. The molecule has 0 amide bonds. The van der Waals surface area contributed by atoms with Crippen molar-refractivity contribution in [1.29, 1.82) is 0 Å². The number of carbonyl (C=O) groups excluding carboxylic acids is 1. The van der Waals surface area contributed by atoms with Gasteiger partial charge < -0.3 is 9.84 Å². The van der Waals surface area contributed by atoms with Gasteiger partial charge in [-0.2, -0.15) is 0 Å². The van der Waals surface area contributed by atoms with E-state index >= 15 is 0 Å². The molecule has 152 valence electrons. The Morgan fingerprint density at radius 3 is 2.61 bits per heavy atom. The summed E-state index contributed by atoms with van der Waals surface area (Å²) in [4.78, 5) is 11.6. The lowest BCUT2D eigenvalue weighted by Gasteiger charge is -2.43. The van der Waals surface area contributed by atoms with Crippen molar-refractivity contribution in [2.24, 2.45) is 10.8 Å². The number of ether oxygens (including phenoxy) is 1. The summed E-state index contributed by atoms with van der Waals surface area (Å²) in [5.41, 5.74) is 4.13. The van der Waals surface area contributed by atoms with Gasteiger partial charge in [0.2, 0.25) is 0 Å². The van der Waals surface area contributed by atoms with Crippen LogP contribution in [0.3, 0.4) is 0 Å². The molecule has 28 heavy (non-hydrogen) atoms. The average Bonchev–Trinajstić information content (AvgIpc) is 2.53. The fourth-order valence-corrected chi connectivity index (χ4v) is 4.88. The van der Waals surface area contributed by atoms with E-state index in [1.807, 2.05) is 18.2 Å². The van der Waals surface area contributed by atoms with E-state index in [1.54, 1.807) is 6.92 Å². The van der Waals surface area contributed by atoms with Gasteiger partial charge in [0.05, 0.1) is 12.5 Å². The maximum atomic E-state index is 13.8. The van der Waals surface area contributed by atoms with Gasteiger partial charge in [-0.05, 0) is 71.1 Å². The number of hydrogen-bond acceptors (Lipinski definition) is 3. The van der Waals surface area contributed by atoms with E-state index < -0.39 is 12.2 Å². The van der Waals surface area contributed by atoms with E-state index in [4.69, 9.17) is 4.74 Å². The Morgan fingerprint density at radius 1 is 1.25 bits per heavy atom. The normalized spacial score (nSPS) is 27.2. The van der Waals surface area contributed by atoms with E-state index in [1.165, 1.54) is 17.2 Å². The van der Waals surface area contributed by atoms with E-state index in [0.29, 0.717) is 12.0 Å². The summed E-state index contributed by atoms with van der Waals surface area (Å²) < 4.78 is 19.2. The quantitative estimate of drug-likeness (QED) is 0.712. The number of allylic oxidation sites excluding steroid dienone is 3. The van der Waals surface area contributed by atoms with Crippen molar-refractivity contribution in [1.82, 2.24) is 0 Å². The SMILES string of the molecule is Cc1cc(C2=C(/C=C/[C@@H]3C[C@@H](O)CC(=O)O3)C(C)(C)CC(C)(C)C2)ccc1F. The molecule has 1 fully saturated rings. The van der Waals surface area contributed by atoms with Crippen LogP contribution in [0.15, 0.2) is 35.9 Å². The standard InChI is InChI=1S/C24H31FO3/c1-15-10-16(6-9-21(15)25)19-13-23(2,3)14-24(4,5)20(19)8-7-18-11-17(26)12-22(27)28-18/h6-10,17-18,26H,11-14H2,1-5H3/b8-7+/t17-,18-/m1/s1. The van der Waals surface area contributed by atoms with Crippen LogP contribution in [0.4, 0.5) is 4.39 Å². The Hall–Kier alpha value is -1.94. The minimum Gasteiger partial charge on any atom is -0.458 e. The predicted molar refractivity (Wildman–Crippen MR) is 109 cm³/mol. The number of aryl methyl sites for hydroxylation is 1. The average molecular weight is 387 g/mol. The van der Waals surface area contributed by atoms with Crippen LogP contribution in [0.25, 0.3) is 5.57 Å². The monoisotopic (exact) mass is 386 g/mol. The number of esters is 1. The van der Waals surface area contributed by atoms with Crippen molar-refractivity contribution in [2.75, 3.05) is 0 Å². The van der Waals surface area contributed by atoms with Crippen molar-refractivity contribution in [2.45, 2.75) is 72.5 Å². The molecule has 1 aliphatic carbocycles. The van der Waals surface area contributed by atoms with Crippen molar-refractivity contribution < 1.29 is 19.0 Å². The van der Waals surface area contributed by atoms with Gasteiger partial charge in [-0.25, -0.2) is 4.39 Å². The van der Waals surface area contributed by atoms with Crippen LogP contribution in [-0.2, 0) is 9.53 Å². The van der Waals surface area contributed by atoms with Gasteiger partial charge in [0.1, 0.15) is 11.9 Å². The molecule has 1 aromatic carbocycles. The number of benzene rings is 1. The Morgan fingerprint density at radius 2 is 1.96 bits per heavy atom. The first-order chi connectivity index (χ1) is 13.0. The number of aliphatic hydroxyl groups excluding tert-OH is 1. The molecule has 4 heteroatoms. The molecular formula is C24H31FO3. The van der Waals surface area contributed by atoms with Gasteiger partial charge in [0.15, 0.2) is 0 Å². The molecule has 0 saturated carbocycles. The second-order valence-electron chi connectivity index (χ2n) is 9.74. The van der Waals surface area contributed by atoms with Gasteiger partial charge >= 0.3 is 5.97 Å². The van der Waals surface area contributed by atoms with Gasteiger partial charge in [-0.15, -0.1) is 0 Å². The Labute approximate surface area is 167 Å². The van der Waals surface area contributed by atoms with Crippen LogP contribution >= 0.6 is 0 Å². The Kier molecular flexibility index (Phi) is 5.55. The smallest absolute Gasteiger partial charge is 0.309 e. The fraction of sp³-hybridized carbons (Fsp3) is 0.542. The van der Waals surface area contributed by atoms with Crippen LogP contribution in [0, 0.1) is 23.6 Å². The minimum atomic E-state index is -0.651. The summed E-state index contributed by atoms with van der Waals surface area (Å²) in [6, 6.07) is 5.31. The summed E-state index contributed by atoms with van der Waals surface area (Å²) in [6.45, 7) is 10.8. The molecule has 0 spiro atoms. The highest BCUT2D eigenvalue weighted by Crippen LogP contribution is 2.52. The number of carbonyl (C=O) groups is 1. The largest absolute Gasteiger partial charge is 0.458 e. The molecule has 0 unspecified atom stereocenters. The molecule has 2 aliphatic rings. The maximum Gasteiger partial charge on any atom is 0.309 e. The highest BCUT2D eigenvalue weighted by Gasteiger charge is 2.38. The Balaban J connectivity index is 2.04. The van der Waals surface area contributed by atoms with Gasteiger partial charge in [0.25, 0.3) is 0 Å². The molecule has 3 rings (SSSR count). The van der Waals surface area contributed by atoms with E-state index in [2.05, 4.69) is 33.8 Å². The van der Waals surface area contributed by atoms with Gasteiger partial charge in [-0.3, -0.25) is 4.79 Å². The number of hydrogen-bond donors (Lipinski definition) is 1. The van der Waals surface area contributed by atoms with Crippen LogP contribution < -0.4 is 0 Å². The van der Waals surface area contributed by atoms with E-state index in [0.717, 1.165) is 18.4 Å². The molecule has 1 aromatic rings. The summed E-state index contributed by atoms with van der Waals surface area (Å²) in [5, 5.41) is 9.86. The second kappa shape index (κ2) is 7.47. The van der Waals surface area contributed by atoms with Crippen LogP contribution in [0.5, 0.6) is 0 Å². The predicted octanol–water partition coefficient (Wildman–Crippen LogP) is 5.36. The maximum absolute atomic E-state index is 13.8. The molecular weight excluding hydrogens is 355 g/mol. The molecule has 1 N–H and O–H groups in total.